The predicted molar refractivity (Wildman–Crippen MR) is 62.9 cm³/mol. The summed E-state index contributed by atoms with van der Waals surface area (Å²) in [6.07, 6.45) is 3.24. The van der Waals surface area contributed by atoms with Crippen LogP contribution in [0, 0.1) is 0 Å². The molecule has 1 aromatic heterocycles. The first kappa shape index (κ1) is 11.3. The number of nitrogens with zero attached hydrogens (tertiary/aromatic N) is 2. The Hall–Kier alpha value is -1.24. The van der Waals surface area contributed by atoms with E-state index < -0.39 is 9.84 Å². The van der Waals surface area contributed by atoms with Crippen LogP contribution in [0.3, 0.4) is 0 Å². The standard InChI is InChI=1S/C9H16N4O2S/c1-13-5-8(10)9(12-13)11-7-3-2-4-16(14,15)6-7/h5,7H,2-4,6,10H2,1H3,(H,11,12). The third kappa shape index (κ3) is 2.46. The molecule has 0 radical (unpaired) electrons. The first-order chi connectivity index (χ1) is 7.46. The van der Waals surface area contributed by atoms with Crippen LogP contribution in [0.5, 0.6) is 0 Å². The minimum absolute atomic E-state index is 0.0732. The summed E-state index contributed by atoms with van der Waals surface area (Å²) in [7, 11) is -1.12. The van der Waals surface area contributed by atoms with Gasteiger partial charge in [-0.2, -0.15) is 5.10 Å². The largest absolute Gasteiger partial charge is 0.394 e. The number of aryl methyl sites for hydroxylation is 1. The van der Waals surface area contributed by atoms with E-state index in [-0.39, 0.29) is 11.8 Å². The molecule has 2 heterocycles. The lowest BCUT2D eigenvalue weighted by molar-refractivity contribution is 0.561. The van der Waals surface area contributed by atoms with Crippen molar-refractivity contribution in [3.05, 3.63) is 6.20 Å². The minimum Gasteiger partial charge on any atom is -0.394 e. The molecule has 0 spiro atoms. The Bertz CT molecular complexity index is 480. The van der Waals surface area contributed by atoms with Crippen molar-refractivity contribution in [2.45, 2.75) is 18.9 Å². The van der Waals surface area contributed by atoms with Crippen LogP contribution in [-0.4, -0.2) is 35.7 Å². The fourth-order valence-corrected chi connectivity index (χ4v) is 3.59. The Morgan fingerprint density at radius 3 is 2.94 bits per heavy atom. The fraction of sp³-hybridized carbons (Fsp3) is 0.667. The van der Waals surface area contributed by atoms with Crippen molar-refractivity contribution in [3.8, 4) is 0 Å². The normalized spacial score (nSPS) is 24.2. The summed E-state index contributed by atoms with van der Waals surface area (Å²) in [6.45, 7) is 0. The molecule has 7 heteroatoms. The first-order valence-electron chi connectivity index (χ1n) is 5.22. The van der Waals surface area contributed by atoms with Crippen molar-refractivity contribution in [3.63, 3.8) is 0 Å². The number of nitrogens with one attached hydrogen (secondary N) is 1. The van der Waals surface area contributed by atoms with Gasteiger partial charge in [0.15, 0.2) is 15.7 Å². The molecule has 90 valence electrons. The van der Waals surface area contributed by atoms with Gasteiger partial charge in [-0.05, 0) is 12.8 Å². The summed E-state index contributed by atoms with van der Waals surface area (Å²) >= 11 is 0. The van der Waals surface area contributed by atoms with Crippen LogP contribution in [0.2, 0.25) is 0 Å². The maximum Gasteiger partial charge on any atom is 0.171 e. The van der Waals surface area contributed by atoms with Crippen molar-refractivity contribution in [2.24, 2.45) is 7.05 Å². The molecule has 2 rings (SSSR count). The smallest absolute Gasteiger partial charge is 0.171 e. The first-order valence-corrected chi connectivity index (χ1v) is 7.04. The molecule has 1 saturated heterocycles. The molecule has 0 bridgehead atoms. The molecule has 0 aromatic carbocycles. The Morgan fingerprint density at radius 1 is 1.62 bits per heavy atom. The van der Waals surface area contributed by atoms with Crippen LogP contribution >= 0.6 is 0 Å². The van der Waals surface area contributed by atoms with Gasteiger partial charge in [0.05, 0.1) is 17.2 Å². The highest BCUT2D eigenvalue weighted by molar-refractivity contribution is 7.91. The molecule has 1 fully saturated rings. The van der Waals surface area contributed by atoms with E-state index >= 15 is 0 Å². The molecule has 6 nitrogen and oxygen atoms in total. The van der Waals surface area contributed by atoms with Gasteiger partial charge in [-0.15, -0.1) is 0 Å². The SMILES string of the molecule is Cn1cc(N)c(NC2CCCS(=O)(=O)C2)n1. The second-order valence-electron chi connectivity index (χ2n) is 4.20. The van der Waals surface area contributed by atoms with Gasteiger partial charge in [-0.3, -0.25) is 4.68 Å². The number of nitrogen functional groups attached to an aromatic ring is 1. The van der Waals surface area contributed by atoms with E-state index in [0.717, 1.165) is 6.42 Å². The lowest BCUT2D eigenvalue weighted by atomic mass is 10.2. The lowest BCUT2D eigenvalue weighted by Gasteiger charge is -2.22. The highest BCUT2D eigenvalue weighted by atomic mass is 32.2. The number of hydrogen-bond donors (Lipinski definition) is 2. The van der Waals surface area contributed by atoms with Crippen molar-refractivity contribution in [1.29, 1.82) is 0 Å². The Labute approximate surface area is 94.7 Å². The molecule has 3 N–H and O–H groups in total. The molecule has 1 atom stereocenters. The summed E-state index contributed by atoms with van der Waals surface area (Å²) in [5.74, 6) is 1.04. The van der Waals surface area contributed by atoms with Crippen molar-refractivity contribution < 1.29 is 8.42 Å². The Balaban J connectivity index is 2.07. The number of nitrogens with two attached hydrogens (primary N) is 1. The van der Waals surface area contributed by atoms with Crippen molar-refractivity contribution in [1.82, 2.24) is 9.78 Å². The van der Waals surface area contributed by atoms with Gasteiger partial charge in [0, 0.05) is 19.3 Å². The number of hydrogen-bond acceptors (Lipinski definition) is 5. The average molecular weight is 244 g/mol. The van der Waals surface area contributed by atoms with E-state index in [1.165, 1.54) is 0 Å². The van der Waals surface area contributed by atoms with Crippen LogP contribution in [0.1, 0.15) is 12.8 Å². The van der Waals surface area contributed by atoms with E-state index in [4.69, 9.17) is 5.73 Å². The van der Waals surface area contributed by atoms with Crippen LogP contribution < -0.4 is 11.1 Å². The van der Waals surface area contributed by atoms with E-state index in [2.05, 4.69) is 10.4 Å². The van der Waals surface area contributed by atoms with Gasteiger partial charge in [0.2, 0.25) is 0 Å². The molecule has 1 aromatic rings. The van der Waals surface area contributed by atoms with Crippen LogP contribution in [0.25, 0.3) is 0 Å². The Kier molecular flexibility index (Phi) is 2.79. The second kappa shape index (κ2) is 3.97. The van der Waals surface area contributed by atoms with Crippen LogP contribution in [-0.2, 0) is 16.9 Å². The van der Waals surface area contributed by atoms with Gasteiger partial charge in [-0.1, -0.05) is 0 Å². The van der Waals surface area contributed by atoms with E-state index in [1.807, 2.05) is 0 Å². The van der Waals surface area contributed by atoms with E-state index in [9.17, 15) is 8.42 Å². The number of rotatable bonds is 2. The van der Waals surface area contributed by atoms with Crippen LogP contribution in [0.4, 0.5) is 11.5 Å². The molecule has 0 saturated carbocycles. The van der Waals surface area contributed by atoms with Gasteiger partial charge in [0.1, 0.15) is 0 Å². The number of anilines is 2. The number of aromatic nitrogens is 2. The Morgan fingerprint density at radius 2 is 2.38 bits per heavy atom. The highest BCUT2D eigenvalue weighted by Gasteiger charge is 2.25. The zero-order valence-electron chi connectivity index (χ0n) is 9.18. The summed E-state index contributed by atoms with van der Waals surface area (Å²) in [5, 5.41) is 7.23. The predicted octanol–water partition coefficient (Wildman–Crippen LogP) is -0.00860. The molecule has 0 amide bonds. The number of sulfone groups is 1. The molecule has 1 aliphatic heterocycles. The summed E-state index contributed by atoms with van der Waals surface area (Å²) in [5.41, 5.74) is 6.28. The summed E-state index contributed by atoms with van der Waals surface area (Å²) in [6, 6.07) is -0.0732. The molecule has 16 heavy (non-hydrogen) atoms. The summed E-state index contributed by atoms with van der Waals surface area (Å²) < 4.78 is 24.5. The maximum atomic E-state index is 11.4. The van der Waals surface area contributed by atoms with Gasteiger partial charge in [-0.25, -0.2) is 8.42 Å². The molecule has 1 unspecified atom stereocenters. The van der Waals surface area contributed by atoms with Crippen molar-refractivity contribution >= 4 is 21.3 Å². The van der Waals surface area contributed by atoms with Gasteiger partial charge < -0.3 is 11.1 Å². The van der Waals surface area contributed by atoms with Gasteiger partial charge >= 0.3 is 0 Å². The third-order valence-corrected chi connectivity index (χ3v) is 4.48. The van der Waals surface area contributed by atoms with E-state index in [0.29, 0.717) is 23.7 Å². The minimum atomic E-state index is -2.90. The van der Waals surface area contributed by atoms with Crippen molar-refractivity contribution in [2.75, 3.05) is 22.6 Å². The molecule has 1 aliphatic rings. The molecular weight excluding hydrogens is 228 g/mol. The van der Waals surface area contributed by atoms with Crippen LogP contribution in [0.15, 0.2) is 6.20 Å². The molecular formula is C9H16N4O2S. The second-order valence-corrected chi connectivity index (χ2v) is 6.43. The quantitative estimate of drug-likeness (QED) is 0.763. The third-order valence-electron chi connectivity index (χ3n) is 2.66. The summed E-state index contributed by atoms with van der Waals surface area (Å²) in [4.78, 5) is 0. The van der Waals surface area contributed by atoms with E-state index in [1.54, 1.807) is 17.9 Å². The highest BCUT2D eigenvalue weighted by Crippen LogP contribution is 2.20. The average Bonchev–Trinajstić information content (AvgIpc) is 2.43. The van der Waals surface area contributed by atoms with Gasteiger partial charge in [0.25, 0.3) is 0 Å². The topological polar surface area (TPSA) is 90.0 Å². The maximum absolute atomic E-state index is 11.4. The fourth-order valence-electron chi connectivity index (χ4n) is 1.95. The molecule has 0 aliphatic carbocycles. The monoisotopic (exact) mass is 244 g/mol. The zero-order chi connectivity index (χ0) is 11.8. The zero-order valence-corrected chi connectivity index (χ0v) is 10.00. The lowest BCUT2D eigenvalue weighted by Crippen LogP contribution is -2.35.